The molecule has 0 radical (unpaired) electrons. The predicted octanol–water partition coefficient (Wildman–Crippen LogP) is 2.64. The van der Waals surface area contributed by atoms with Crippen LogP contribution in [0.5, 0.6) is 0 Å². The van der Waals surface area contributed by atoms with E-state index < -0.39 is 10.0 Å². The molecular formula is C17H24N4O2S2. The Kier molecular flexibility index (Phi) is 4.45. The van der Waals surface area contributed by atoms with Crippen LogP contribution in [0.3, 0.4) is 0 Å². The lowest BCUT2D eigenvalue weighted by Gasteiger charge is -2.34. The molecule has 3 heterocycles. The molecule has 0 atom stereocenters. The van der Waals surface area contributed by atoms with Crippen LogP contribution >= 0.6 is 11.3 Å². The van der Waals surface area contributed by atoms with Crippen molar-refractivity contribution >= 4 is 37.4 Å². The monoisotopic (exact) mass is 380 g/mol. The number of thiophene rings is 1. The largest absolute Gasteiger partial charge is 0.355 e. The number of aryl methyl sites for hydroxylation is 1. The molecular weight excluding hydrogens is 356 g/mol. The molecule has 0 amide bonds. The van der Waals surface area contributed by atoms with Gasteiger partial charge in [0.2, 0.25) is 10.0 Å². The maximum atomic E-state index is 12.3. The van der Waals surface area contributed by atoms with Gasteiger partial charge in [0.05, 0.1) is 15.5 Å². The number of rotatable bonds is 5. The van der Waals surface area contributed by atoms with Gasteiger partial charge < -0.3 is 4.90 Å². The molecule has 0 aromatic carbocycles. The standard InChI is InChI=1S/C17H24N4O2S2/c1-12-10-24-16-15(12)18-11-19-17(16)21-7-5-13(6-8-21)9-20(2)25(22,23)14-3-4-14/h10-11,13-14H,3-9H2,1-2H3. The zero-order valence-electron chi connectivity index (χ0n) is 14.7. The highest BCUT2D eigenvalue weighted by atomic mass is 32.2. The fourth-order valence-corrected chi connectivity index (χ4v) is 6.28. The summed E-state index contributed by atoms with van der Waals surface area (Å²) in [6.45, 7) is 4.57. The molecule has 1 saturated carbocycles. The van der Waals surface area contributed by atoms with Crippen molar-refractivity contribution in [2.45, 2.75) is 37.9 Å². The fourth-order valence-electron chi connectivity index (χ4n) is 3.60. The minimum absolute atomic E-state index is 0.117. The van der Waals surface area contributed by atoms with Gasteiger partial charge in [0, 0.05) is 26.7 Å². The van der Waals surface area contributed by atoms with Crippen LogP contribution in [0.25, 0.3) is 10.2 Å². The number of hydrogen-bond acceptors (Lipinski definition) is 6. The predicted molar refractivity (Wildman–Crippen MR) is 102 cm³/mol. The third kappa shape index (κ3) is 3.27. The van der Waals surface area contributed by atoms with E-state index in [0.717, 1.165) is 54.8 Å². The van der Waals surface area contributed by atoms with E-state index in [1.165, 1.54) is 5.56 Å². The van der Waals surface area contributed by atoms with Gasteiger partial charge in [-0.1, -0.05) is 0 Å². The lowest BCUT2D eigenvalue weighted by molar-refractivity contribution is 0.327. The van der Waals surface area contributed by atoms with E-state index in [0.29, 0.717) is 12.5 Å². The number of hydrogen-bond donors (Lipinski definition) is 0. The van der Waals surface area contributed by atoms with Gasteiger partial charge >= 0.3 is 0 Å². The number of sulfonamides is 1. The summed E-state index contributed by atoms with van der Waals surface area (Å²) in [6.07, 6.45) is 5.31. The molecule has 2 fully saturated rings. The zero-order valence-corrected chi connectivity index (χ0v) is 16.3. The Labute approximate surface area is 152 Å². The number of piperidine rings is 1. The summed E-state index contributed by atoms with van der Waals surface area (Å²) in [7, 11) is -1.32. The first kappa shape index (κ1) is 17.2. The zero-order chi connectivity index (χ0) is 17.6. The van der Waals surface area contributed by atoms with Crippen molar-refractivity contribution in [1.82, 2.24) is 14.3 Å². The van der Waals surface area contributed by atoms with Gasteiger partial charge in [0.25, 0.3) is 0 Å². The molecule has 2 aliphatic rings. The topological polar surface area (TPSA) is 66.4 Å². The van der Waals surface area contributed by atoms with Crippen LogP contribution in [-0.2, 0) is 10.0 Å². The van der Waals surface area contributed by atoms with E-state index in [9.17, 15) is 8.42 Å². The van der Waals surface area contributed by atoms with Crippen LogP contribution in [0.15, 0.2) is 11.7 Å². The Morgan fingerprint density at radius 3 is 2.64 bits per heavy atom. The third-order valence-corrected chi connectivity index (χ3v) is 8.74. The van der Waals surface area contributed by atoms with E-state index in [1.807, 2.05) is 0 Å². The Bertz CT molecular complexity index is 868. The quantitative estimate of drug-likeness (QED) is 0.798. The summed E-state index contributed by atoms with van der Waals surface area (Å²) in [4.78, 5) is 11.2. The molecule has 25 heavy (non-hydrogen) atoms. The number of nitrogens with zero attached hydrogens (tertiary/aromatic N) is 4. The maximum absolute atomic E-state index is 12.3. The summed E-state index contributed by atoms with van der Waals surface area (Å²) in [5, 5.41) is 2.02. The fraction of sp³-hybridized carbons (Fsp3) is 0.647. The van der Waals surface area contributed by atoms with Crippen LogP contribution in [0.4, 0.5) is 5.82 Å². The highest BCUT2D eigenvalue weighted by Gasteiger charge is 2.39. The molecule has 1 saturated heterocycles. The van der Waals surface area contributed by atoms with Crippen molar-refractivity contribution in [3.05, 3.63) is 17.3 Å². The molecule has 8 heteroatoms. The normalized spacial score (nSPS) is 19.9. The van der Waals surface area contributed by atoms with Crippen LogP contribution in [-0.4, -0.2) is 54.6 Å². The van der Waals surface area contributed by atoms with Gasteiger partial charge in [0.15, 0.2) is 0 Å². The highest BCUT2D eigenvalue weighted by Crippen LogP contribution is 2.34. The van der Waals surface area contributed by atoms with Gasteiger partial charge in [-0.15, -0.1) is 11.3 Å². The van der Waals surface area contributed by atoms with Gasteiger partial charge in [-0.25, -0.2) is 22.7 Å². The van der Waals surface area contributed by atoms with Gasteiger partial charge in [-0.3, -0.25) is 0 Å². The lowest BCUT2D eigenvalue weighted by atomic mass is 9.97. The molecule has 136 valence electrons. The van der Waals surface area contributed by atoms with Crippen molar-refractivity contribution in [3.63, 3.8) is 0 Å². The summed E-state index contributed by atoms with van der Waals surface area (Å²) in [5.41, 5.74) is 2.25. The van der Waals surface area contributed by atoms with Crippen LogP contribution < -0.4 is 4.90 Å². The van der Waals surface area contributed by atoms with Crippen molar-refractivity contribution in [2.24, 2.45) is 5.92 Å². The Morgan fingerprint density at radius 2 is 1.96 bits per heavy atom. The highest BCUT2D eigenvalue weighted by molar-refractivity contribution is 7.90. The molecule has 2 aromatic rings. The van der Waals surface area contributed by atoms with E-state index in [1.54, 1.807) is 29.0 Å². The summed E-state index contributed by atoms with van der Waals surface area (Å²) in [5.74, 6) is 1.46. The second-order valence-corrected chi connectivity index (χ2v) is 10.4. The first-order chi connectivity index (χ1) is 12.0. The Balaban J connectivity index is 1.41. The van der Waals surface area contributed by atoms with Gasteiger partial charge in [-0.05, 0) is 49.5 Å². The summed E-state index contributed by atoms with van der Waals surface area (Å²) < 4.78 is 27.4. The van der Waals surface area contributed by atoms with Crippen LogP contribution in [0.2, 0.25) is 0 Å². The number of anilines is 1. The SMILES string of the molecule is Cc1csc2c(N3CCC(CN(C)S(=O)(=O)C4CC4)CC3)ncnc12. The van der Waals surface area contributed by atoms with Crippen molar-refractivity contribution in [2.75, 3.05) is 31.6 Å². The molecule has 0 N–H and O–H groups in total. The van der Waals surface area contributed by atoms with E-state index in [-0.39, 0.29) is 5.25 Å². The van der Waals surface area contributed by atoms with Crippen molar-refractivity contribution in [3.8, 4) is 0 Å². The van der Waals surface area contributed by atoms with Crippen LogP contribution in [0.1, 0.15) is 31.2 Å². The van der Waals surface area contributed by atoms with E-state index >= 15 is 0 Å². The molecule has 1 aliphatic heterocycles. The van der Waals surface area contributed by atoms with Crippen molar-refractivity contribution in [1.29, 1.82) is 0 Å². The molecule has 1 aliphatic carbocycles. The molecule has 0 unspecified atom stereocenters. The maximum Gasteiger partial charge on any atom is 0.216 e. The smallest absolute Gasteiger partial charge is 0.216 e. The minimum atomic E-state index is -3.06. The number of fused-ring (bicyclic) bond motifs is 1. The van der Waals surface area contributed by atoms with Gasteiger partial charge in [0.1, 0.15) is 12.1 Å². The Morgan fingerprint density at radius 1 is 1.24 bits per heavy atom. The van der Waals surface area contributed by atoms with E-state index in [2.05, 4.69) is 27.2 Å². The molecule has 0 bridgehead atoms. The second kappa shape index (κ2) is 6.48. The van der Waals surface area contributed by atoms with Crippen LogP contribution in [0, 0.1) is 12.8 Å². The lowest BCUT2D eigenvalue weighted by Crippen LogP contribution is -2.40. The summed E-state index contributed by atoms with van der Waals surface area (Å²) in [6, 6.07) is 0. The second-order valence-electron chi connectivity index (χ2n) is 7.25. The molecule has 0 spiro atoms. The molecule has 2 aromatic heterocycles. The minimum Gasteiger partial charge on any atom is -0.355 e. The molecule has 6 nitrogen and oxygen atoms in total. The Hall–Kier alpha value is -1.25. The van der Waals surface area contributed by atoms with Crippen molar-refractivity contribution < 1.29 is 8.42 Å². The summed E-state index contributed by atoms with van der Waals surface area (Å²) >= 11 is 1.70. The average molecular weight is 381 g/mol. The van der Waals surface area contributed by atoms with Gasteiger partial charge in [-0.2, -0.15) is 0 Å². The average Bonchev–Trinajstić information content (AvgIpc) is 3.40. The third-order valence-electron chi connectivity index (χ3n) is 5.32. The van der Waals surface area contributed by atoms with E-state index in [4.69, 9.17) is 0 Å². The number of aromatic nitrogens is 2. The first-order valence-electron chi connectivity index (χ1n) is 8.85. The molecule has 4 rings (SSSR count). The first-order valence-corrected chi connectivity index (χ1v) is 11.2.